The van der Waals surface area contributed by atoms with Crippen LogP contribution in [0.15, 0.2) is 30.6 Å². The van der Waals surface area contributed by atoms with Crippen LogP contribution in [0.5, 0.6) is 0 Å². The van der Waals surface area contributed by atoms with Crippen LogP contribution in [0.3, 0.4) is 0 Å². The molecule has 13 heavy (non-hydrogen) atoms. The van der Waals surface area contributed by atoms with Crippen molar-refractivity contribution in [2.75, 3.05) is 0 Å². The first kappa shape index (κ1) is 12.5. The Labute approximate surface area is 72.3 Å². The quantitative estimate of drug-likeness (QED) is 0.529. The van der Waals surface area contributed by atoms with Gasteiger partial charge < -0.3 is 0 Å². The second-order valence-corrected chi connectivity index (χ2v) is 7.45. The van der Waals surface area contributed by atoms with E-state index in [4.69, 9.17) is 0 Å². The van der Waals surface area contributed by atoms with Crippen molar-refractivity contribution in [3.63, 3.8) is 0 Å². The Balaban J connectivity index is 0.000000223. The van der Waals surface area contributed by atoms with Gasteiger partial charge in [-0.1, -0.05) is 6.07 Å². The fraction of sp³-hybridized carbons (Fsp3) is 0. The molecule has 78 valence electrons. The summed E-state index contributed by atoms with van der Waals surface area (Å²) in [5.74, 6) is 0. The number of halogens is 6. The van der Waals surface area contributed by atoms with Crippen molar-refractivity contribution >= 4 is 19.5 Å². The average molecular weight is 315 g/mol. The number of hydrogen-bond donors (Lipinski definition) is 0. The maximum Gasteiger partial charge on any atom is 0.0267 e. The van der Waals surface area contributed by atoms with Gasteiger partial charge in [-0.25, -0.2) is 0 Å². The van der Waals surface area contributed by atoms with E-state index in [0.29, 0.717) is 0 Å². The maximum atomic E-state index is 9.93. The summed E-state index contributed by atoms with van der Waals surface area (Å²) in [6.45, 7) is 0. The predicted octanol–water partition coefficient (Wildman–Crippen LogP) is 3.22. The molecule has 0 aromatic carbocycles. The van der Waals surface area contributed by atoms with Gasteiger partial charge in [0, 0.05) is 12.4 Å². The second-order valence-electron chi connectivity index (χ2n) is 1.98. The third-order valence-electron chi connectivity index (χ3n) is 0.566. The molecule has 1 nitrogen and oxygen atoms in total. The minimum Gasteiger partial charge on any atom is -0.265 e. The molecule has 8 heteroatoms. The Morgan fingerprint density at radius 1 is 0.692 bits per heavy atom. The molecule has 1 heterocycles. The van der Waals surface area contributed by atoms with Gasteiger partial charge in [-0.2, -0.15) is 0 Å². The number of rotatable bonds is 0. The van der Waals surface area contributed by atoms with Crippen molar-refractivity contribution in [3.05, 3.63) is 30.6 Å². The van der Waals surface area contributed by atoms with Gasteiger partial charge in [0.1, 0.15) is 0 Å². The zero-order chi connectivity index (χ0) is 10.7. The van der Waals surface area contributed by atoms with E-state index in [1.54, 1.807) is 12.4 Å². The molecule has 0 saturated heterocycles. The molecule has 0 bridgehead atoms. The van der Waals surface area contributed by atoms with E-state index in [1.807, 2.05) is 18.2 Å². The fourth-order valence-corrected chi connectivity index (χ4v) is 0.313. The Morgan fingerprint density at radius 3 is 1.08 bits per heavy atom. The molecule has 1 aromatic heterocycles. The van der Waals surface area contributed by atoms with E-state index in [-0.39, 0.29) is 0 Å². The molecule has 0 spiro atoms. The van der Waals surface area contributed by atoms with E-state index in [9.17, 15) is 16.9 Å². The Morgan fingerprint density at radius 2 is 1.00 bits per heavy atom. The third kappa shape index (κ3) is 34.2. The summed E-state index contributed by atoms with van der Waals surface area (Å²) in [5, 5.41) is 0. The Bertz CT molecular complexity index is 213. The van der Waals surface area contributed by atoms with Crippen molar-refractivity contribution in [2.45, 2.75) is 0 Å². The number of aromatic nitrogens is 1. The van der Waals surface area contributed by atoms with Gasteiger partial charge in [0.05, 0.1) is 0 Å². The monoisotopic (exact) mass is 314 g/mol. The minimum atomic E-state index is -11.2. The number of pyridine rings is 1. The molecule has 0 aliphatic heterocycles. The van der Waals surface area contributed by atoms with Crippen LogP contribution in [-0.2, 0) is 0 Å². The molecule has 0 amide bonds. The van der Waals surface area contributed by atoms with E-state index < -0.39 is 19.5 Å². The summed E-state index contributed by atoms with van der Waals surface area (Å²) in [7, 11) is 0. The molecule has 0 unspecified atom stereocenters. The van der Waals surface area contributed by atoms with Gasteiger partial charge in [0.2, 0.25) is 0 Å². The van der Waals surface area contributed by atoms with Crippen LogP contribution in [0.25, 0.3) is 0 Å². The first-order chi connectivity index (χ1) is 5.45. The average Bonchev–Trinajstić information content (AvgIpc) is 1.84. The molecule has 0 fully saturated rings. The Kier molecular flexibility index (Phi) is 2.94. The fourth-order valence-electron chi connectivity index (χ4n) is 0.313. The zero-order valence-electron chi connectivity index (χ0n) is 6.05. The first-order valence-electron chi connectivity index (χ1n) is 2.86. The summed E-state index contributed by atoms with van der Waals surface area (Å²) in [5.41, 5.74) is 0. The molecule has 1 aromatic rings. The molecule has 0 N–H and O–H groups in total. The van der Waals surface area contributed by atoms with Gasteiger partial charge in [-0.3, -0.25) is 4.98 Å². The molecule has 1 rings (SSSR count). The van der Waals surface area contributed by atoms with Crippen LogP contribution in [0.2, 0.25) is 0 Å². The molecule has 0 aliphatic rings. The van der Waals surface area contributed by atoms with Crippen molar-refractivity contribution in [1.29, 1.82) is 0 Å². The topological polar surface area (TPSA) is 12.9 Å². The van der Waals surface area contributed by atoms with Gasteiger partial charge in [-0.15, -0.1) is 0 Å². The van der Waals surface area contributed by atoms with E-state index in [2.05, 4.69) is 4.98 Å². The molecule has 0 atom stereocenters. The molecule has 0 saturated carbocycles. The van der Waals surface area contributed by atoms with E-state index >= 15 is 0 Å². The summed E-state index contributed by atoms with van der Waals surface area (Å²) >= 11 is -11.2. The number of nitrogens with zero attached hydrogens (tertiary/aromatic N) is 1. The Hall–Kier alpha value is -0.452. The van der Waals surface area contributed by atoms with Crippen LogP contribution in [0.4, 0.5) is 16.9 Å². The van der Waals surface area contributed by atoms with Crippen LogP contribution in [-0.4, -0.2) is 24.5 Å². The molecule has 0 radical (unpaired) electrons. The molecular formula is C5H5F6NSb-. The van der Waals surface area contributed by atoms with Gasteiger partial charge in [0.15, 0.2) is 0 Å². The standard InChI is InChI=1S/C5H5N.6FH.Sb/c1-2-4-6-5-3-1;;;;;;;/h1-5H;6*1H;/q;;;;;;;+5/p-6. The molecule has 0 aliphatic carbocycles. The van der Waals surface area contributed by atoms with Crippen LogP contribution >= 0.6 is 0 Å². The summed E-state index contributed by atoms with van der Waals surface area (Å²) in [6.07, 6.45) is 3.50. The van der Waals surface area contributed by atoms with Crippen molar-refractivity contribution < 1.29 is 16.9 Å². The molecular weight excluding hydrogens is 310 g/mol. The van der Waals surface area contributed by atoms with E-state index in [0.717, 1.165) is 0 Å². The summed E-state index contributed by atoms with van der Waals surface area (Å²) in [6, 6.07) is 5.72. The van der Waals surface area contributed by atoms with Gasteiger partial charge >= 0.3 is 36.4 Å². The van der Waals surface area contributed by atoms with Crippen LogP contribution in [0.1, 0.15) is 0 Å². The predicted molar refractivity (Wildman–Crippen MR) is 36.6 cm³/mol. The van der Waals surface area contributed by atoms with Gasteiger partial charge in [0.25, 0.3) is 0 Å². The van der Waals surface area contributed by atoms with Gasteiger partial charge in [-0.05, 0) is 12.1 Å². The van der Waals surface area contributed by atoms with Crippen molar-refractivity contribution in [3.8, 4) is 0 Å². The first-order valence-corrected chi connectivity index (χ1v) is 8.65. The van der Waals surface area contributed by atoms with E-state index in [1.165, 1.54) is 0 Å². The largest absolute Gasteiger partial charge is 0.265 e. The third-order valence-corrected chi connectivity index (χ3v) is 0.566. The smallest absolute Gasteiger partial charge is 0.0267 e. The minimum absolute atomic E-state index is 1.75. The van der Waals surface area contributed by atoms with Crippen molar-refractivity contribution in [2.24, 2.45) is 0 Å². The summed E-state index contributed by atoms with van der Waals surface area (Å²) < 4.78 is 59.6. The normalized spacial score (nSPS) is 16.2. The zero-order valence-corrected chi connectivity index (χ0v) is 8.60. The SMILES string of the molecule is [F][Sb-]([F])([F])([F])([F])[F].c1ccncc1. The van der Waals surface area contributed by atoms with Crippen LogP contribution in [0, 0.1) is 0 Å². The van der Waals surface area contributed by atoms with Crippen molar-refractivity contribution in [1.82, 2.24) is 4.98 Å². The second kappa shape index (κ2) is 3.04. The number of hydrogen-bond acceptors (Lipinski definition) is 1. The maximum absolute atomic E-state index is 11.2. The summed E-state index contributed by atoms with van der Waals surface area (Å²) in [4.78, 5) is 3.78. The van der Waals surface area contributed by atoms with Crippen LogP contribution < -0.4 is 0 Å².